The lowest BCUT2D eigenvalue weighted by molar-refractivity contribution is -0.138. The van der Waals surface area contributed by atoms with Gasteiger partial charge in [0.2, 0.25) is 11.8 Å². The van der Waals surface area contributed by atoms with E-state index >= 15 is 0 Å². The van der Waals surface area contributed by atoms with Crippen LogP contribution in [0.4, 0.5) is 0 Å². The Morgan fingerprint density at radius 2 is 1.90 bits per heavy atom. The molecule has 3 heterocycles. The maximum atomic E-state index is 13.1. The molecule has 0 spiro atoms. The van der Waals surface area contributed by atoms with E-state index in [-0.39, 0.29) is 42.3 Å². The van der Waals surface area contributed by atoms with Gasteiger partial charge in [0.15, 0.2) is 5.03 Å². The van der Waals surface area contributed by atoms with E-state index in [2.05, 4.69) is 22.1 Å². The zero-order valence-electron chi connectivity index (χ0n) is 18.5. The summed E-state index contributed by atoms with van der Waals surface area (Å²) in [5.41, 5.74) is 0. The van der Waals surface area contributed by atoms with Crippen molar-refractivity contribution in [2.45, 2.75) is 37.6 Å². The molecule has 1 aromatic heterocycles. The molecule has 2 saturated heterocycles. The van der Waals surface area contributed by atoms with Crippen molar-refractivity contribution in [3.63, 3.8) is 0 Å². The van der Waals surface area contributed by atoms with Crippen molar-refractivity contribution in [3.8, 4) is 0 Å². The fourth-order valence-corrected chi connectivity index (χ4v) is 5.60. The lowest BCUT2D eigenvalue weighted by atomic mass is 9.97. The molecule has 31 heavy (non-hydrogen) atoms. The van der Waals surface area contributed by atoms with Gasteiger partial charge in [0, 0.05) is 71.4 Å². The zero-order chi connectivity index (χ0) is 22.4. The molecule has 2 aliphatic rings. The van der Waals surface area contributed by atoms with E-state index in [0.717, 1.165) is 32.7 Å². The number of nitrogens with zero attached hydrogens (tertiary/aromatic N) is 5. The molecule has 1 aromatic rings. The molecule has 2 amide bonds. The van der Waals surface area contributed by atoms with Crippen molar-refractivity contribution < 1.29 is 18.0 Å². The van der Waals surface area contributed by atoms with E-state index in [9.17, 15) is 18.0 Å². The van der Waals surface area contributed by atoms with Gasteiger partial charge in [-0.15, -0.1) is 0 Å². The van der Waals surface area contributed by atoms with Crippen molar-refractivity contribution in [3.05, 3.63) is 12.5 Å². The molecule has 10 nitrogen and oxygen atoms in total. The van der Waals surface area contributed by atoms with E-state index in [1.165, 1.54) is 16.8 Å². The van der Waals surface area contributed by atoms with Crippen LogP contribution in [0.15, 0.2) is 17.6 Å². The van der Waals surface area contributed by atoms with Gasteiger partial charge in [0.05, 0.1) is 6.33 Å². The third-order valence-corrected chi connectivity index (χ3v) is 7.91. The first-order valence-corrected chi connectivity index (χ1v) is 12.5. The molecule has 2 aliphatic heterocycles. The Balaban J connectivity index is 1.68. The van der Waals surface area contributed by atoms with E-state index in [0.29, 0.717) is 25.8 Å². The van der Waals surface area contributed by atoms with Crippen LogP contribution in [0.3, 0.4) is 0 Å². The molecule has 2 fully saturated rings. The number of aromatic nitrogens is 2. The Hall–Kier alpha value is -1.98. The maximum Gasteiger partial charge on any atom is 0.262 e. The highest BCUT2D eigenvalue weighted by Crippen LogP contribution is 2.20. The zero-order valence-corrected chi connectivity index (χ0v) is 19.3. The van der Waals surface area contributed by atoms with Crippen LogP contribution in [0.25, 0.3) is 0 Å². The Morgan fingerprint density at radius 1 is 1.16 bits per heavy atom. The van der Waals surface area contributed by atoms with Crippen LogP contribution < -0.4 is 5.32 Å². The van der Waals surface area contributed by atoms with Crippen LogP contribution in [-0.2, 0) is 26.7 Å². The SMILES string of the molecule is CCN1CCN(C(=O)C2CCCN(S(=O)(=O)c3cn(C)cn3)CCC(=O)NCC2)CC1. The minimum Gasteiger partial charge on any atom is -0.356 e. The van der Waals surface area contributed by atoms with E-state index in [1.807, 2.05) is 4.90 Å². The fourth-order valence-electron chi connectivity index (χ4n) is 4.15. The van der Waals surface area contributed by atoms with Crippen molar-refractivity contribution in [2.24, 2.45) is 13.0 Å². The summed E-state index contributed by atoms with van der Waals surface area (Å²) in [5, 5.41) is 2.82. The highest BCUT2D eigenvalue weighted by atomic mass is 32.2. The Morgan fingerprint density at radius 3 is 2.55 bits per heavy atom. The van der Waals surface area contributed by atoms with Gasteiger partial charge in [0.1, 0.15) is 0 Å². The molecule has 11 heteroatoms. The van der Waals surface area contributed by atoms with Crippen molar-refractivity contribution in [2.75, 3.05) is 52.4 Å². The van der Waals surface area contributed by atoms with Gasteiger partial charge >= 0.3 is 0 Å². The van der Waals surface area contributed by atoms with Crippen LogP contribution in [0, 0.1) is 5.92 Å². The summed E-state index contributed by atoms with van der Waals surface area (Å²) < 4.78 is 28.9. The van der Waals surface area contributed by atoms with Crippen LogP contribution in [0.5, 0.6) is 0 Å². The molecule has 0 aliphatic carbocycles. The predicted molar refractivity (Wildman–Crippen MR) is 116 cm³/mol. The molecular formula is C20H34N6O4S. The topological polar surface area (TPSA) is 108 Å². The van der Waals surface area contributed by atoms with Gasteiger partial charge in [0.25, 0.3) is 10.0 Å². The molecule has 0 bridgehead atoms. The number of carbonyl (C=O) groups is 2. The molecule has 174 valence electrons. The monoisotopic (exact) mass is 454 g/mol. The number of nitrogens with one attached hydrogen (secondary N) is 1. The van der Waals surface area contributed by atoms with Crippen LogP contribution in [0.2, 0.25) is 0 Å². The Labute approximate surface area is 184 Å². The maximum absolute atomic E-state index is 13.1. The van der Waals surface area contributed by atoms with Crippen molar-refractivity contribution >= 4 is 21.8 Å². The number of likely N-dealkylation sites (N-methyl/N-ethyl adjacent to an activating group) is 1. The minimum absolute atomic E-state index is 0.0216. The van der Waals surface area contributed by atoms with Gasteiger partial charge in [-0.25, -0.2) is 13.4 Å². The van der Waals surface area contributed by atoms with Crippen LogP contribution in [0.1, 0.15) is 32.6 Å². The number of piperazine rings is 1. The average Bonchev–Trinajstić information content (AvgIpc) is 3.19. The molecule has 1 N–H and O–H groups in total. The highest BCUT2D eigenvalue weighted by Gasteiger charge is 2.30. The van der Waals surface area contributed by atoms with Crippen LogP contribution >= 0.6 is 0 Å². The molecule has 3 rings (SSSR count). The van der Waals surface area contributed by atoms with Crippen LogP contribution in [-0.4, -0.2) is 96.2 Å². The summed E-state index contributed by atoms with van der Waals surface area (Å²) in [6.07, 6.45) is 4.72. The quantitative estimate of drug-likeness (QED) is 0.680. The molecule has 0 aromatic carbocycles. The second kappa shape index (κ2) is 10.6. The Bertz CT molecular complexity index is 863. The molecule has 0 saturated carbocycles. The molecule has 0 radical (unpaired) electrons. The largest absolute Gasteiger partial charge is 0.356 e. The van der Waals surface area contributed by atoms with Gasteiger partial charge in [-0.05, 0) is 25.8 Å². The fraction of sp³-hybridized carbons (Fsp3) is 0.750. The first-order chi connectivity index (χ1) is 14.8. The van der Waals surface area contributed by atoms with Gasteiger partial charge < -0.3 is 19.7 Å². The first kappa shape index (κ1) is 23.7. The number of sulfonamides is 1. The number of hydrogen-bond donors (Lipinski definition) is 1. The first-order valence-electron chi connectivity index (χ1n) is 11.1. The number of rotatable bonds is 4. The molecule has 1 unspecified atom stereocenters. The lowest BCUT2D eigenvalue weighted by Crippen LogP contribution is -2.50. The highest BCUT2D eigenvalue weighted by molar-refractivity contribution is 7.89. The van der Waals surface area contributed by atoms with E-state index in [1.54, 1.807) is 11.6 Å². The average molecular weight is 455 g/mol. The number of amides is 2. The number of hydrogen-bond acceptors (Lipinski definition) is 6. The van der Waals surface area contributed by atoms with E-state index in [4.69, 9.17) is 0 Å². The van der Waals surface area contributed by atoms with E-state index < -0.39 is 10.0 Å². The van der Waals surface area contributed by atoms with Gasteiger partial charge in [-0.2, -0.15) is 4.31 Å². The summed E-state index contributed by atoms with van der Waals surface area (Å²) in [6.45, 7) is 7.08. The summed E-state index contributed by atoms with van der Waals surface area (Å²) in [7, 11) is -2.08. The second-order valence-electron chi connectivity index (χ2n) is 8.27. The predicted octanol–water partition coefficient (Wildman–Crippen LogP) is -0.119. The lowest BCUT2D eigenvalue weighted by Gasteiger charge is -2.36. The third-order valence-electron chi connectivity index (χ3n) is 6.13. The standard InChI is InChI=1S/C20H34N6O4S/c1-3-24-11-13-25(14-12-24)20(28)17-5-4-9-26(10-7-18(27)21-8-6-17)31(29,30)19-15-23(2)16-22-19/h15-17H,3-14H2,1-2H3,(H,21,27). The summed E-state index contributed by atoms with van der Waals surface area (Å²) in [4.78, 5) is 33.6. The summed E-state index contributed by atoms with van der Waals surface area (Å²) in [5.74, 6) is -0.305. The molecular weight excluding hydrogens is 420 g/mol. The number of imidazole rings is 1. The Kier molecular flexibility index (Phi) is 8.06. The normalized spacial score (nSPS) is 23.2. The second-order valence-corrected chi connectivity index (χ2v) is 10.2. The number of carbonyl (C=O) groups excluding carboxylic acids is 2. The summed E-state index contributed by atoms with van der Waals surface area (Å²) >= 11 is 0. The van der Waals surface area contributed by atoms with Gasteiger partial charge in [-0.3, -0.25) is 9.59 Å². The molecule has 1 atom stereocenters. The van der Waals surface area contributed by atoms with Gasteiger partial charge in [-0.1, -0.05) is 6.92 Å². The summed E-state index contributed by atoms with van der Waals surface area (Å²) in [6, 6.07) is 0. The van der Waals surface area contributed by atoms with Crippen molar-refractivity contribution in [1.82, 2.24) is 29.0 Å². The van der Waals surface area contributed by atoms with Crippen molar-refractivity contribution in [1.29, 1.82) is 0 Å². The number of aryl methyl sites for hydroxylation is 1. The third kappa shape index (κ3) is 6.05. The minimum atomic E-state index is -3.79. The smallest absolute Gasteiger partial charge is 0.262 e.